The number of amides is 1. The van der Waals surface area contributed by atoms with Crippen LogP contribution in [-0.2, 0) is 4.79 Å². The number of carbonyl (C=O) groups is 1. The molecular weight excluding hydrogens is 92.1 g/mol. The van der Waals surface area contributed by atoms with Crippen molar-refractivity contribution >= 4 is 5.91 Å². The maximum absolute atomic E-state index is 10.1. The van der Waals surface area contributed by atoms with E-state index in [9.17, 15) is 4.79 Å². The molecule has 1 radical (unpaired) electrons. The molecule has 0 saturated heterocycles. The average molecular weight is 97.1 g/mol. The summed E-state index contributed by atoms with van der Waals surface area (Å²) in [7, 11) is 0. The van der Waals surface area contributed by atoms with Crippen molar-refractivity contribution in [1.29, 1.82) is 0 Å². The first kappa shape index (κ1) is 4.33. The fourth-order valence-corrected chi connectivity index (χ4v) is 0.373. The highest BCUT2D eigenvalue weighted by molar-refractivity contribution is 5.87. The topological polar surface area (TPSA) is 43.2 Å². The summed E-state index contributed by atoms with van der Waals surface area (Å²) >= 11 is 0. The smallest absolute Gasteiger partial charge is 0.266 e. The van der Waals surface area contributed by atoms with E-state index in [4.69, 9.17) is 0 Å². The monoisotopic (exact) mass is 97.0 g/mol. The van der Waals surface area contributed by atoms with Gasteiger partial charge in [0.1, 0.15) is 0 Å². The molecule has 1 amide bonds. The Balaban J connectivity index is 2.51. The Morgan fingerprint density at radius 3 is 3.00 bits per heavy atom. The summed E-state index contributed by atoms with van der Waals surface area (Å²) in [4.78, 5) is 10.1. The van der Waals surface area contributed by atoms with Gasteiger partial charge in [0.2, 0.25) is 0 Å². The standard InChI is InChI=1S/C4H5N2O/c7-4-2-1-3-5-6-4/h1-2,5H,3H2. The molecule has 3 heteroatoms. The highest BCUT2D eigenvalue weighted by Gasteiger charge is 1.97. The van der Waals surface area contributed by atoms with Gasteiger partial charge in [-0.15, -0.1) is 0 Å². The molecule has 1 heterocycles. The number of carbonyl (C=O) groups excluding carboxylic acids is 1. The van der Waals surface area contributed by atoms with Crippen molar-refractivity contribution in [3.63, 3.8) is 0 Å². The molecule has 0 aromatic rings. The zero-order valence-electron chi connectivity index (χ0n) is 3.72. The third-order valence-corrected chi connectivity index (χ3v) is 0.659. The first-order valence-electron chi connectivity index (χ1n) is 2.04. The molecule has 1 aliphatic rings. The van der Waals surface area contributed by atoms with Crippen LogP contribution in [0.2, 0.25) is 0 Å². The highest BCUT2D eigenvalue weighted by atomic mass is 16.2. The molecule has 1 N–H and O–H groups in total. The zero-order chi connectivity index (χ0) is 5.11. The predicted octanol–water partition coefficient (Wildman–Crippen LogP) is -0.808. The minimum absolute atomic E-state index is 0.203. The Morgan fingerprint density at radius 2 is 2.71 bits per heavy atom. The van der Waals surface area contributed by atoms with Crippen LogP contribution in [0, 0.1) is 0 Å². The molecule has 1 aliphatic heterocycles. The maximum Gasteiger partial charge on any atom is 0.281 e. The van der Waals surface area contributed by atoms with Crippen LogP contribution >= 0.6 is 0 Å². The molecule has 0 bridgehead atoms. The molecule has 0 spiro atoms. The van der Waals surface area contributed by atoms with E-state index < -0.39 is 0 Å². The van der Waals surface area contributed by atoms with E-state index in [0.29, 0.717) is 6.54 Å². The maximum atomic E-state index is 10.1. The lowest BCUT2D eigenvalue weighted by Gasteiger charge is -2.00. The number of hydrogen-bond donors (Lipinski definition) is 1. The number of rotatable bonds is 0. The second-order valence-corrected chi connectivity index (χ2v) is 1.21. The second kappa shape index (κ2) is 1.75. The minimum atomic E-state index is -0.203. The van der Waals surface area contributed by atoms with Gasteiger partial charge >= 0.3 is 0 Å². The second-order valence-electron chi connectivity index (χ2n) is 1.21. The van der Waals surface area contributed by atoms with Crippen LogP contribution in [0.5, 0.6) is 0 Å². The Bertz CT molecular complexity index is 108. The largest absolute Gasteiger partial charge is 0.281 e. The van der Waals surface area contributed by atoms with E-state index in [0.717, 1.165) is 0 Å². The first-order valence-corrected chi connectivity index (χ1v) is 2.04. The molecule has 0 aliphatic carbocycles. The van der Waals surface area contributed by atoms with Crippen LogP contribution in [0.15, 0.2) is 12.2 Å². The van der Waals surface area contributed by atoms with Gasteiger partial charge in [-0.2, -0.15) is 5.43 Å². The number of hydrogen-bond acceptors (Lipinski definition) is 2. The lowest BCUT2D eigenvalue weighted by molar-refractivity contribution is -0.118. The summed E-state index contributed by atoms with van der Waals surface area (Å²) in [5.74, 6) is -0.203. The van der Waals surface area contributed by atoms with Gasteiger partial charge in [0.05, 0.1) is 0 Å². The third-order valence-electron chi connectivity index (χ3n) is 0.659. The van der Waals surface area contributed by atoms with Gasteiger partial charge in [-0.3, -0.25) is 4.79 Å². The molecule has 0 saturated carbocycles. The van der Waals surface area contributed by atoms with E-state index in [1.807, 2.05) is 0 Å². The van der Waals surface area contributed by atoms with Crippen LogP contribution in [0.3, 0.4) is 0 Å². The Hall–Kier alpha value is -0.830. The summed E-state index contributed by atoms with van der Waals surface area (Å²) in [5, 5.41) is 0. The molecule has 0 atom stereocenters. The summed E-state index contributed by atoms with van der Waals surface area (Å²) in [6, 6.07) is 0. The van der Waals surface area contributed by atoms with E-state index in [1.54, 1.807) is 6.08 Å². The van der Waals surface area contributed by atoms with Gasteiger partial charge in [0, 0.05) is 12.6 Å². The van der Waals surface area contributed by atoms with Crippen LogP contribution in [0.25, 0.3) is 0 Å². The van der Waals surface area contributed by atoms with Gasteiger partial charge in [-0.1, -0.05) is 6.08 Å². The predicted molar refractivity (Wildman–Crippen MR) is 24.3 cm³/mol. The molecule has 1 rings (SSSR count). The average Bonchev–Trinajstić information content (AvgIpc) is 1.69. The van der Waals surface area contributed by atoms with Crippen molar-refractivity contribution in [2.24, 2.45) is 0 Å². The quantitative estimate of drug-likeness (QED) is 0.429. The summed E-state index contributed by atoms with van der Waals surface area (Å²) in [5.41, 5.74) is 5.88. The first-order chi connectivity index (χ1) is 3.39. The molecule has 7 heavy (non-hydrogen) atoms. The third kappa shape index (κ3) is 1.01. The van der Waals surface area contributed by atoms with Crippen LogP contribution in [0.1, 0.15) is 0 Å². The van der Waals surface area contributed by atoms with Crippen molar-refractivity contribution in [2.45, 2.75) is 0 Å². The molecule has 3 nitrogen and oxygen atoms in total. The molecular formula is C4H5N2O. The lowest BCUT2D eigenvalue weighted by Crippen LogP contribution is -2.32. The molecule has 0 aromatic heterocycles. The van der Waals surface area contributed by atoms with Crippen molar-refractivity contribution in [1.82, 2.24) is 10.9 Å². The molecule has 0 unspecified atom stereocenters. The van der Waals surface area contributed by atoms with E-state index in [2.05, 4.69) is 10.9 Å². The fourth-order valence-electron chi connectivity index (χ4n) is 0.373. The Kier molecular flexibility index (Phi) is 1.08. The van der Waals surface area contributed by atoms with E-state index in [-0.39, 0.29) is 5.91 Å². The zero-order valence-corrected chi connectivity index (χ0v) is 3.72. The summed E-state index contributed by atoms with van der Waals surface area (Å²) in [6.45, 7) is 0.672. The summed E-state index contributed by atoms with van der Waals surface area (Å²) < 4.78 is 0. The molecule has 37 valence electrons. The van der Waals surface area contributed by atoms with Crippen LogP contribution < -0.4 is 10.9 Å². The van der Waals surface area contributed by atoms with Gasteiger partial charge in [-0.25, -0.2) is 5.43 Å². The lowest BCUT2D eigenvalue weighted by atomic mass is 10.4. The van der Waals surface area contributed by atoms with E-state index >= 15 is 0 Å². The number of nitrogens with one attached hydrogen (secondary N) is 1. The van der Waals surface area contributed by atoms with E-state index in [1.165, 1.54) is 6.08 Å². The van der Waals surface area contributed by atoms with Crippen molar-refractivity contribution in [3.05, 3.63) is 12.2 Å². The minimum Gasteiger partial charge on any atom is -0.266 e. The van der Waals surface area contributed by atoms with Crippen LogP contribution in [0.4, 0.5) is 0 Å². The van der Waals surface area contributed by atoms with Gasteiger partial charge < -0.3 is 0 Å². The van der Waals surface area contributed by atoms with Gasteiger partial charge in [0.25, 0.3) is 5.91 Å². The Morgan fingerprint density at radius 1 is 1.86 bits per heavy atom. The number of nitrogens with zero attached hydrogens (tertiary/aromatic N) is 1. The summed E-state index contributed by atoms with van der Waals surface area (Å²) in [6.07, 6.45) is 3.17. The van der Waals surface area contributed by atoms with Crippen LogP contribution in [-0.4, -0.2) is 12.5 Å². The molecule has 0 aromatic carbocycles. The van der Waals surface area contributed by atoms with Gasteiger partial charge in [-0.05, 0) is 0 Å². The van der Waals surface area contributed by atoms with Crippen molar-refractivity contribution in [2.75, 3.05) is 6.54 Å². The highest BCUT2D eigenvalue weighted by Crippen LogP contribution is 1.76. The van der Waals surface area contributed by atoms with Crippen molar-refractivity contribution < 1.29 is 4.79 Å². The SMILES string of the molecule is O=C1C=CCN[N]1. The normalized spacial score (nSPS) is 19.1. The van der Waals surface area contributed by atoms with Gasteiger partial charge in [0.15, 0.2) is 0 Å². The Labute approximate surface area is 41.4 Å². The van der Waals surface area contributed by atoms with Crippen molar-refractivity contribution in [3.8, 4) is 0 Å². The molecule has 0 fully saturated rings. The fraction of sp³-hybridized carbons (Fsp3) is 0.250.